The lowest BCUT2D eigenvalue weighted by Gasteiger charge is -2.18. The molecule has 1 nitrogen and oxygen atoms in total. The Morgan fingerprint density at radius 1 is 1.25 bits per heavy atom. The summed E-state index contributed by atoms with van der Waals surface area (Å²) in [4.78, 5) is 0.944. The average molecular weight is 385 g/mol. The number of alkyl halides is 3. The second-order valence-corrected chi connectivity index (χ2v) is 7.13. The van der Waals surface area contributed by atoms with Crippen molar-refractivity contribution in [3.05, 3.63) is 49.6 Å². The lowest BCUT2D eigenvalue weighted by Crippen LogP contribution is -2.13. The van der Waals surface area contributed by atoms with Crippen LogP contribution in [0.5, 0.6) is 0 Å². The molecule has 7 heteroatoms. The quantitative estimate of drug-likeness (QED) is 0.649. The maximum atomic E-state index is 13.0. The second kappa shape index (κ2) is 5.95. The third-order valence-corrected chi connectivity index (χ3v) is 4.72. The van der Waals surface area contributed by atoms with E-state index in [1.807, 2.05) is 19.1 Å². The van der Waals surface area contributed by atoms with Crippen molar-refractivity contribution in [3.63, 3.8) is 0 Å². The van der Waals surface area contributed by atoms with Gasteiger partial charge < -0.3 is 5.32 Å². The summed E-state index contributed by atoms with van der Waals surface area (Å²) in [5.41, 5.74) is -0.730. The van der Waals surface area contributed by atoms with Gasteiger partial charge in [0.05, 0.1) is 15.4 Å². The first-order valence-electron chi connectivity index (χ1n) is 5.66. The molecule has 0 saturated heterocycles. The fourth-order valence-electron chi connectivity index (χ4n) is 1.74. The van der Waals surface area contributed by atoms with Crippen LogP contribution in [-0.2, 0) is 6.18 Å². The highest BCUT2D eigenvalue weighted by molar-refractivity contribution is 9.11. The van der Waals surface area contributed by atoms with Gasteiger partial charge in [0.1, 0.15) is 0 Å². The van der Waals surface area contributed by atoms with Gasteiger partial charge in [-0.05, 0) is 53.2 Å². The van der Waals surface area contributed by atoms with Gasteiger partial charge in [-0.15, -0.1) is 11.3 Å². The molecule has 1 heterocycles. The molecule has 108 valence electrons. The fraction of sp³-hybridized carbons (Fsp3) is 0.231. The van der Waals surface area contributed by atoms with Crippen molar-refractivity contribution in [1.29, 1.82) is 0 Å². The summed E-state index contributed by atoms with van der Waals surface area (Å²) in [6.07, 6.45) is -4.44. The van der Waals surface area contributed by atoms with Crippen molar-refractivity contribution < 1.29 is 13.2 Å². The monoisotopic (exact) mass is 383 g/mol. The molecule has 2 aromatic rings. The molecule has 1 unspecified atom stereocenters. The Balaban J connectivity index is 2.29. The molecule has 0 spiro atoms. The minimum absolute atomic E-state index is 0.0268. The highest BCUT2D eigenvalue weighted by Gasteiger charge is 2.34. The van der Waals surface area contributed by atoms with Gasteiger partial charge in [0.2, 0.25) is 0 Å². The zero-order valence-corrected chi connectivity index (χ0v) is 13.4. The smallest absolute Gasteiger partial charge is 0.377 e. The second-order valence-electron chi connectivity index (χ2n) is 4.20. The average Bonchev–Trinajstić information content (AvgIpc) is 2.77. The molecule has 0 fully saturated rings. The Kier molecular flexibility index (Phi) is 4.66. The number of rotatable bonds is 3. The van der Waals surface area contributed by atoms with E-state index < -0.39 is 11.7 Å². The molecule has 20 heavy (non-hydrogen) atoms. The molecule has 0 aliphatic carbocycles. The molecule has 0 aliphatic rings. The van der Waals surface area contributed by atoms with Crippen molar-refractivity contribution in [2.75, 3.05) is 5.32 Å². The minimum Gasteiger partial charge on any atom is -0.377 e. The van der Waals surface area contributed by atoms with Gasteiger partial charge in [-0.25, -0.2) is 0 Å². The molecule has 0 saturated carbocycles. The Morgan fingerprint density at radius 2 is 1.95 bits per heavy atom. The van der Waals surface area contributed by atoms with Crippen LogP contribution in [0.2, 0.25) is 5.02 Å². The Labute approximate surface area is 131 Å². The number of anilines is 1. The first kappa shape index (κ1) is 15.7. The number of hydrogen-bond acceptors (Lipinski definition) is 2. The zero-order valence-electron chi connectivity index (χ0n) is 10.3. The van der Waals surface area contributed by atoms with Crippen LogP contribution in [0.15, 0.2) is 34.1 Å². The third kappa shape index (κ3) is 3.68. The Bertz CT molecular complexity index is 612. The van der Waals surface area contributed by atoms with Crippen molar-refractivity contribution in [3.8, 4) is 0 Å². The van der Waals surface area contributed by atoms with Crippen LogP contribution in [0.3, 0.4) is 0 Å². The standard InChI is InChI=1S/C13H10BrClF3NS/c1-7(11-4-5-12(14)20-11)19-10-3-2-8(15)6-9(10)13(16,17)18/h2-7,19H,1H3. The van der Waals surface area contributed by atoms with Gasteiger partial charge >= 0.3 is 6.18 Å². The Hall–Kier alpha value is -0.720. The maximum absolute atomic E-state index is 13.0. The van der Waals surface area contributed by atoms with Crippen molar-refractivity contribution in [2.24, 2.45) is 0 Å². The summed E-state index contributed by atoms with van der Waals surface area (Å²) in [5, 5.41) is 2.95. The summed E-state index contributed by atoms with van der Waals surface area (Å²) in [6, 6.07) is 7.23. The van der Waals surface area contributed by atoms with E-state index in [9.17, 15) is 13.2 Å². The van der Waals surface area contributed by atoms with Gasteiger partial charge in [-0.2, -0.15) is 13.2 Å². The van der Waals surface area contributed by atoms with Crippen molar-refractivity contribution in [1.82, 2.24) is 0 Å². The van der Waals surface area contributed by atoms with Gasteiger partial charge in [-0.3, -0.25) is 0 Å². The lowest BCUT2D eigenvalue weighted by molar-refractivity contribution is -0.137. The van der Waals surface area contributed by atoms with Gasteiger partial charge in [0.25, 0.3) is 0 Å². The molecule has 1 N–H and O–H groups in total. The summed E-state index contributed by atoms with van der Waals surface area (Å²) in [5.74, 6) is 0. The molecular formula is C13H10BrClF3NS. The van der Waals surface area contributed by atoms with Crippen molar-refractivity contribution in [2.45, 2.75) is 19.1 Å². The number of halogens is 5. The molecule has 0 bridgehead atoms. The summed E-state index contributed by atoms with van der Waals surface area (Å²) in [6.45, 7) is 1.81. The first-order valence-corrected chi connectivity index (χ1v) is 7.64. The SMILES string of the molecule is CC(Nc1ccc(Cl)cc1C(F)(F)F)c1ccc(Br)s1. The molecule has 1 atom stereocenters. The molecular weight excluding hydrogens is 375 g/mol. The van der Waals surface area contributed by atoms with E-state index in [0.29, 0.717) is 0 Å². The summed E-state index contributed by atoms with van der Waals surface area (Å²) < 4.78 is 39.9. The number of hydrogen-bond donors (Lipinski definition) is 1. The molecule has 0 amide bonds. The van der Waals surface area contributed by atoms with Crippen molar-refractivity contribution >= 4 is 44.6 Å². The Morgan fingerprint density at radius 3 is 2.50 bits per heavy atom. The normalized spacial score (nSPS) is 13.3. The van der Waals surface area contributed by atoms with E-state index in [0.717, 1.165) is 14.7 Å². The molecule has 0 aliphatic heterocycles. The van der Waals surface area contributed by atoms with E-state index in [2.05, 4.69) is 21.2 Å². The van der Waals surface area contributed by atoms with Crippen LogP contribution in [0.4, 0.5) is 18.9 Å². The van der Waals surface area contributed by atoms with Crippen LogP contribution in [0, 0.1) is 0 Å². The van der Waals surface area contributed by atoms with E-state index >= 15 is 0 Å². The first-order chi connectivity index (χ1) is 9.27. The topological polar surface area (TPSA) is 12.0 Å². The molecule has 2 rings (SSSR count). The highest BCUT2D eigenvalue weighted by Crippen LogP contribution is 2.38. The van der Waals surface area contributed by atoms with Gasteiger partial charge in [0, 0.05) is 15.6 Å². The van der Waals surface area contributed by atoms with E-state index in [4.69, 9.17) is 11.6 Å². The third-order valence-electron chi connectivity index (χ3n) is 2.68. The fourth-order valence-corrected chi connectivity index (χ4v) is 3.34. The maximum Gasteiger partial charge on any atom is 0.418 e. The largest absolute Gasteiger partial charge is 0.418 e. The molecule has 1 aromatic carbocycles. The summed E-state index contributed by atoms with van der Waals surface area (Å²) >= 11 is 10.5. The van der Waals surface area contributed by atoms with E-state index in [-0.39, 0.29) is 16.8 Å². The van der Waals surface area contributed by atoms with E-state index in [1.54, 1.807) is 0 Å². The predicted octanol–water partition coefficient (Wildman–Crippen LogP) is 6.36. The van der Waals surface area contributed by atoms with E-state index in [1.165, 1.54) is 23.5 Å². The lowest BCUT2D eigenvalue weighted by atomic mass is 10.1. The van der Waals surface area contributed by atoms with Crippen LogP contribution in [-0.4, -0.2) is 0 Å². The number of nitrogens with one attached hydrogen (secondary N) is 1. The van der Waals surface area contributed by atoms with Crippen LogP contribution >= 0.6 is 38.9 Å². The zero-order chi connectivity index (χ0) is 14.9. The summed E-state index contributed by atoms with van der Waals surface area (Å²) in [7, 11) is 0. The number of thiophene rings is 1. The number of benzene rings is 1. The van der Waals surface area contributed by atoms with Crippen LogP contribution in [0.1, 0.15) is 23.4 Å². The van der Waals surface area contributed by atoms with Crippen LogP contribution < -0.4 is 5.32 Å². The van der Waals surface area contributed by atoms with Crippen LogP contribution in [0.25, 0.3) is 0 Å². The molecule has 0 radical (unpaired) electrons. The predicted molar refractivity (Wildman–Crippen MR) is 80.5 cm³/mol. The molecule has 1 aromatic heterocycles. The van der Waals surface area contributed by atoms with Gasteiger partial charge in [-0.1, -0.05) is 11.6 Å². The van der Waals surface area contributed by atoms with Gasteiger partial charge in [0.15, 0.2) is 0 Å². The highest BCUT2D eigenvalue weighted by atomic mass is 79.9. The minimum atomic E-state index is -4.44.